The highest BCUT2D eigenvalue weighted by molar-refractivity contribution is 5.81. The van der Waals surface area contributed by atoms with Gasteiger partial charge in [0.1, 0.15) is 11.9 Å². The monoisotopic (exact) mass is 256 g/mol. The number of hydrogen-bond acceptors (Lipinski definition) is 3. The quantitative estimate of drug-likeness (QED) is 0.814. The van der Waals surface area contributed by atoms with Gasteiger partial charge in [0.2, 0.25) is 5.91 Å². The van der Waals surface area contributed by atoms with Crippen molar-refractivity contribution < 1.29 is 4.79 Å². The van der Waals surface area contributed by atoms with E-state index in [1.54, 1.807) is 4.90 Å². The lowest BCUT2D eigenvalue weighted by Gasteiger charge is -2.31. The van der Waals surface area contributed by atoms with E-state index in [1.165, 1.54) is 0 Å². The zero-order valence-corrected chi connectivity index (χ0v) is 11.1. The predicted octanol–water partition coefficient (Wildman–Crippen LogP) is 1.34. The van der Waals surface area contributed by atoms with Gasteiger partial charge >= 0.3 is 0 Å². The molecule has 98 valence electrons. The number of aryl methyl sites for hydroxylation is 1. The van der Waals surface area contributed by atoms with Crippen LogP contribution in [0, 0.1) is 6.92 Å². The van der Waals surface area contributed by atoms with Crippen molar-refractivity contribution in [2.75, 3.05) is 7.05 Å². The van der Waals surface area contributed by atoms with Gasteiger partial charge in [-0.1, -0.05) is 30.3 Å². The van der Waals surface area contributed by atoms with E-state index in [4.69, 9.17) is 0 Å². The van der Waals surface area contributed by atoms with Gasteiger partial charge in [-0.3, -0.25) is 4.79 Å². The molecule has 19 heavy (non-hydrogen) atoms. The SMILES string of the molecule is Cc1nnc2n1[C@@H](Cc1ccccc1)C(=O)N(C)C2. The summed E-state index contributed by atoms with van der Waals surface area (Å²) in [6, 6.07) is 9.82. The topological polar surface area (TPSA) is 51.0 Å². The maximum Gasteiger partial charge on any atom is 0.246 e. The second-order valence-electron chi connectivity index (χ2n) is 4.93. The first-order valence-electron chi connectivity index (χ1n) is 6.36. The lowest BCUT2D eigenvalue weighted by molar-refractivity contribution is -0.136. The Morgan fingerprint density at radius 2 is 2.00 bits per heavy atom. The van der Waals surface area contributed by atoms with Crippen LogP contribution in [0.25, 0.3) is 0 Å². The van der Waals surface area contributed by atoms with Crippen LogP contribution in [0.1, 0.15) is 23.3 Å². The van der Waals surface area contributed by atoms with Crippen LogP contribution in [0.15, 0.2) is 30.3 Å². The third-order valence-corrected chi connectivity index (χ3v) is 3.56. The Kier molecular flexibility index (Phi) is 2.81. The zero-order chi connectivity index (χ0) is 13.4. The Hall–Kier alpha value is -2.17. The smallest absolute Gasteiger partial charge is 0.246 e. The molecule has 1 atom stereocenters. The molecule has 0 unspecified atom stereocenters. The van der Waals surface area contributed by atoms with Crippen molar-refractivity contribution in [3.63, 3.8) is 0 Å². The summed E-state index contributed by atoms with van der Waals surface area (Å²) in [5.41, 5.74) is 1.15. The van der Waals surface area contributed by atoms with Crippen LogP contribution in [-0.2, 0) is 17.8 Å². The minimum atomic E-state index is -0.230. The summed E-state index contributed by atoms with van der Waals surface area (Å²) >= 11 is 0. The highest BCUT2D eigenvalue weighted by Gasteiger charge is 2.33. The number of rotatable bonds is 2. The molecule has 1 aromatic carbocycles. The van der Waals surface area contributed by atoms with Crippen molar-refractivity contribution in [3.8, 4) is 0 Å². The molecule has 1 aliphatic rings. The van der Waals surface area contributed by atoms with E-state index in [9.17, 15) is 4.79 Å². The van der Waals surface area contributed by atoms with E-state index in [0.717, 1.165) is 17.2 Å². The largest absolute Gasteiger partial charge is 0.336 e. The van der Waals surface area contributed by atoms with E-state index in [2.05, 4.69) is 10.2 Å². The maximum absolute atomic E-state index is 12.4. The van der Waals surface area contributed by atoms with E-state index in [-0.39, 0.29) is 11.9 Å². The standard InChI is InChI=1S/C14H16N4O/c1-10-15-16-13-9-17(2)14(19)12(18(10)13)8-11-6-4-3-5-7-11/h3-7,12H,8-9H2,1-2H3/t12-/m0/s1. The fraction of sp³-hybridized carbons (Fsp3) is 0.357. The molecular formula is C14H16N4O. The Balaban J connectivity index is 1.99. The molecule has 0 spiro atoms. The van der Waals surface area contributed by atoms with E-state index >= 15 is 0 Å². The molecule has 2 heterocycles. The van der Waals surface area contributed by atoms with Gasteiger partial charge < -0.3 is 9.47 Å². The lowest BCUT2D eigenvalue weighted by atomic mass is 10.0. The molecule has 2 aromatic rings. The number of carbonyl (C=O) groups is 1. The van der Waals surface area contributed by atoms with Gasteiger partial charge in [-0.15, -0.1) is 10.2 Å². The van der Waals surface area contributed by atoms with Crippen LogP contribution < -0.4 is 0 Å². The van der Waals surface area contributed by atoms with Gasteiger partial charge in [0.05, 0.1) is 6.54 Å². The zero-order valence-electron chi connectivity index (χ0n) is 11.1. The van der Waals surface area contributed by atoms with Gasteiger partial charge in [0, 0.05) is 13.5 Å². The minimum absolute atomic E-state index is 0.124. The Morgan fingerprint density at radius 1 is 1.26 bits per heavy atom. The van der Waals surface area contributed by atoms with Crippen LogP contribution >= 0.6 is 0 Å². The highest BCUT2D eigenvalue weighted by Crippen LogP contribution is 2.25. The van der Waals surface area contributed by atoms with E-state index in [0.29, 0.717) is 13.0 Å². The summed E-state index contributed by atoms with van der Waals surface area (Å²) < 4.78 is 1.97. The molecule has 5 nitrogen and oxygen atoms in total. The van der Waals surface area contributed by atoms with Crippen LogP contribution in [0.4, 0.5) is 0 Å². The minimum Gasteiger partial charge on any atom is -0.336 e. The van der Waals surface area contributed by atoms with Crippen LogP contribution in [0.3, 0.4) is 0 Å². The molecule has 0 aliphatic carbocycles. The lowest BCUT2D eigenvalue weighted by Crippen LogP contribution is -2.41. The van der Waals surface area contributed by atoms with Gasteiger partial charge in [-0.25, -0.2) is 0 Å². The molecule has 0 saturated heterocycles. The number of carbonyl (C=O) groups excluding carboxylic acids is 1. The molecule has 0 saturated carbocycles. The van der Waals surface area contributed by atoms with Crippen LogP contribution in [-0.4, -0.2) is 32.6 Å². The molecular weight excluding hydrogens is 240 g/mol. The molecule has 3 rings (SSSR count). The van der Waals surface area contributed by atoms with Crippen molar-refractivity contribution in [1.29, 1.82) is 0 Å². The molecule has 0 N–H and O–H groups in total. The van der Waals surface area contributed by atoms with Crippen LogP contribution in [0.2, 0.25) is 0 Å². The number of amides is 1. The number of nitrogens with zero attached hydrogens (tertiary/aromatic N) is 4. The first-order chi connectivity index (χ1) is 9.16. The molecule has 0 fully saturated rings. The summed E-state index contributed by atoms with van der Waals surface area (Å²) in [4.78, 5) is 14.1. The third kappa shape index (κ3) is 2.01. The Morgan fingerprint density at radius 3 is 2.74 bits per heavy atom. The number of benzene rings is 1. The second-order valence-corrected chi connectivity index (χ2v) is 4.93. The molecule has 0 radical (unpaired) electrons. The Bertz CT molecular complexity index is 605. The number of aromatic nitrogens is 3. The van der Waals surface area contributed by atoms with Crippen LogP contribution in [0.5, 0.6) is 0 Å². The fourth-order valence-electron chi connectivity index (χ4n) is 2.60. The van der Waals surface area contributed by atoms with Gasteiger partial charge in [0.15, 0.2) is 5.82 Å². The van der Waals surface area contributed by atoms with E-state index in [1.807, 2.05) is 48.9 Å². The number of hydrogen-bond donors (Lipinski definition) is 0. The fourth-order valence-corrected chi connectivity index (χ4v) is 2.60. The van der Waals surface area contributed by atoms with Gasteiger partial charge in [-0.2, -0.15) is 0 Å². The summed E-state index contributed by atoms with van der Waals surface area (Å²) in [7, 11) is 1.81. The Labute approximate surface area is 111 Å². The summed E-state index contributed by atoms with van der Waals surface area (Å²) in [6.07, 6.45) is 0.676. The van der Waals surface area contributed by atoms with Crippen molar-refractivity contribution in [3.05, 3.63) is 47.5 Å². The van der Waals surface area contributed by atoms with Crippen molar-refractivity contribution in [2.24, 2.45) is 0 Å². The third-order valence-electron chi connectivity index (χ3n) is 3.56. The van der Waals surface area contributed by atoms with Crippen molar-refractivity contribution in [1.82, 2.24) is 19.7 Å². The number of likely N-dealkylation sites (N-methyl/N-ethyl adjacent to an activating group) is 1. The second kappa shape index (κ2) is 4.50. The maximum atomic E-state index is 12.4. The molecule has 1 amide bonds. The molecule has 1 aliphatic heterocycles. The average Bonchev–Trinajstić information content (AvgIpc) is 2.77. The highest BCUT2D eigenvalue weighted by atomic mass is 16.2. The summed E-state index contributed by atoms with van der Waals surface area (Å²) in [5, 5.41) is 8.25. The van der Waals surface area contributed by atoms with Gasteiger partial charge in [-0.05, 0) is 12.5 Å². The number of fused-ring (bicyclic) bond motifs is 1. The normalized spacial score (nSPS) is 18.5. The molecule has 0 bridgehead atoms. The van der Waals surface area contributed by atoms with Crippen molar-refractivity contribution >= 4 is 5.91 Å². The predicted molar refractivity (Wildman–Crippen MR) is 70.4 cm³/mol. The summed E-state index contributed by atoms with van der Waals surface area (Å²) in [6.45, 7) is 2.43. The van der Waals surface area contributed by atoms with Crippen molar-refractivity contribution in [2.45, 2.75) is 25.9 Å². The van der Waals surface area contributed by atoms with Gasteiger partial charge in [0.25, 0.3) is 0 Å². The first-order valence-corrected chi connectivity index (χ1v) is 6.36. The van der Waals surface area contributed by atoms with E-state index < -0.39 is 0 Å². The average molecular weight is 256 g/mol. The summed E-state index contributed by atoms with van der Waals surface area (Å²) in [5.74, 6) is 1.79. The first kappa shape index (κ1) is 11.9. The molecule has 1 aromatic heterocycles. The molecule has 5 heteroatoms.